The lowest BCUT2D eigenvalue weighted by Crippen LogP contribution is -2.21. The zero-order valence-electron chi connectivity index (χ0n) is 13.9. The van der Waals surface area contributed by atoms with Crippen molar-refractivity contribution in [2.45, 2.75) is 59.3 Å². The lowest BCUT2D eigenvalue weighted by atomic mass is 9.71. The number of esters is 1. The highest BCUT2D eigenvalue weighted by Gasteiger charge is 2.33. The van der Waals surface area contributed by atoms with E-state index in [-0.39, 0.29) is 5.97 Å². The van der Waals surface area contributed by atoms with E-state index in [0.29, 0.717) is 17.8 Å². The number of ether oxygens (including phenoxy) is 2. The minimum atomic E-state index is -0.258. The predicted molar refractivity (Wildman–Crippen MR) is 84.3 cm³/mol. The normalized spacial score (nSPS) is 21.1. The predicted octanol–water partition coefficient (Wildman–Crippen LogP) is 4.57. The Labute approximate surface area is 127 Å². The van der Waals surface area contributed by atoms with Gasteiger partial charge in [0.25, 0.3) is 0 Å². The second-order valence-corrected chi connectivity index (χ2v) is 6.47. The van der Waals surface area contributed by atoms with Crippen LogP contribution < -0.4 is 9.47 Å². The summed E-state index contributed by atoms with van der Waals surface area (Å²) in [6.07, 6.45) is 2.28. The van der Waals surface area contributed by atoms with Crippen LogP contribution >= 0.6 is 0 Å². The van der Waals surface area contributed by atoms with E-state index in [1.807, 2.05) is 13.0 Å². The van der Waals surface area contributed by atoms with E-state index in [2.05, 4.69) is 20.8 Å². The monoisotopic (exact) mass is 290 g/mol. The molecule has 0 amide bonds. The minimum absolute atomic E-state index is 0.258. The van der Waals surface area contributed by atoms with Gasteiger partial charge in [0.1, 0.15) is 11.5 Å². The average Bonchev–Trinajstić information content (AvgIpc) is 2.40. The van der Waals surface area contributed by atoms with Crippen molar-refractivity contribution >= 4 is 5.97 Å². The molecule has 3 nitrogen and oxygen atoms in total. The minimum Gasteiger partial charge on any atom is -0.496 e. The van der Waals surface area contributed by atoms with Crippen molar-refractivity contribution in [3.05, 3.63) is 22.8 Å². The summed E-state index contributed by atoms with van der Waals surface area (Å²) < 4.78 is 11.2. The third-order valence-electron chi connectivity index (χ3n) is 4.55. The van der Waals surface area contributed by atoms with Crippen molar-refractivity contribution in [2.24, 2.45) is 5.92 Å². The highest BCUT2D eigenvalue weighted by atomic mass is 16.5. The number of aryl methyl sites for hydroxylation is 1. The highest BCUT2D eigenvalue weighted by molar-refractivity contribution is 5.72. The third kappa shape index (κ3) is 2.92. The average molecular weight is 290 g/mol. The molecular weight excluding hydrogens is 264 g/mol. The standard InChI is InChI=1S/C18H26O3/c1-10(2)14-8-7-11(3)16-15(20-6)9-12(4)18(17(14)16)21-13(5)19/h9-11,14H,7-8H2,1-6H3. The molecule has 0 fully saturated rings. The zero-order valence-corrected chi connectivity index (χ0v) is 13.9. The quantitative estimate of drug-likeness (QED) is 0.604. The van der Waals surface area contributed by atoms with Gasteiger partial charge in [-0.1, -0.05) is 20.8 Å². The molecule has 1 aromatic rings. The molecule has 0 saturated carbocycles. The van der Waals surface area contributed by atoms with Crippen LogP contribution in [0.2, 0.25) is 0 Å². The van der Waals surface area contributed by atoms with Crippen molar-refractivity contribution in [1.82, 2.24) is 0 Å². The number of hydrogen-bond donors (Lipinski definition) is 0. The van der Waals surface area contributed by atoms with Crippen LogP contribution in [0.3, 0.4) is 0 Å². The fourth-order valence-corrected chi connectivity index (χ4v) is 3.52. The molecule has 0 aliphatic heterocycles. The molecule has 0 spiro atoms. The lowest BCUT2D eigenvalue weighted by molar-refractivity contribution is -0.132. The summed E-state index contributed by atoms with van der Waals surface area (Å²) in [5.74, 6) is 2.78. The first-order chi connectivity index (χ1) is 9.86. The van der Waals surface area contributed by atoms with Crippen molar-refractivity contribution in [2.75, 3.05) is 7.11 Å². The topological polar surface area (TPSA) is 35.5 Å². The Hall–Kier alpha value is -1.51. The summed E-state index contributed by atoms with van der Waals surface area (Å²) in [4.78, 5) is 11.5. The Kier molecular flexibility index (Phi) is 4.60. The van der Waals surface area contributed by atoms with Gasteiger partial charge in [0, 0.05) is 18.1 Å². The largest absolute Gasteiger partial charge is 0.496 e. The molecule has 116 valence electrons. The molecule has 0 bridgehead atoms. The summed E-state index contributed by atoms with van der Waals surface area (Å²) in [7, 11) is 1.71. The van der Waals surface area contributed by atoms with E-state index >= 15 is 0 Å². The van der Waals surface area contributed by atoms with Gasteiger partial charge >= 0.3 is 5.97 Å². The molecule has 1 aliphatic carbocycles. The number of methoxy groups -OCH3 is 1. The number of carbonyl (C=O) groups is 1. The fraction of sp³-hybridized carbons (Fsp3) is 0.611. The molecule has 1 aliphatic rings. The van der Waals surface area contributed by atoms with Gasteiger partial charge in [-0.3, -0.25) is 4.79 Å². The molecule has 21 heavy (non-hydrogen) atoms. The summed E-state index contributed by atoms with van der Waals surface area (Å²) in [5.41, 5.74) is 3.39. The number of rotatable bonds is 3. The lowest BCUT2D eigenvalue weighted by Gasteiger charge is -2.35. The maximum Gasteiger partial charge on any atom is 0.308 e. The van der Waals surface area contributed by atoms with Gasteiger partial charge in [0.15, 0.2) is 0 Å². The summed E-state index contributed by atoms with van der Waals surface area (Å²) in [6.45, 7) is 10.1. The molecule has 1 aromatic carbocycles. The fourth-order valence-electron chi connectivity index (χ4n) is 3.52. The van der Waals surface area contributed by atoms with Crippen LogP contribution in [0.1, 0.15) is 69.1 Å². The number of hydrogen-bond acceptors (Lipinski definition) is 3. The Balaban J connectivity index is 2.72. The number of fused-ring (bicyclic) bond motifs is 1. The van der Waals surface area contributed by atoms with Gasteiger partial charge in [0.05, 0.1) is 7.11 Å². The van der Waals surface area contributed by atoms with Crippen molar-refractivity contribution in [3.63, 3.8) is 0 Å². The number of benzene rings is 1. The first-order valence-corrected chi connectivity index (χ1v) is 7.76. The van der Waals surface area contributed by atoms with Crippen molar-refractivity contribution in [1.29, 1.82) is 0 Å². The Morgan fingerprint density at radius 1 is 1.29 bits per heavy atom. The van der Waals surface area contributed by atoms with Crippen LogP contribution in [-0.4, -0.2) is 13.1 Å². The maximum atomic E-state index is 11.5. The molecular formula is C18H26O3. The van der Waals surface area contributed by atoms with Gasteiger partial charge in [-0.25, -0.2) is 0 Å². The van der Waals surface area contributed by atoms with Crippen LogP contribution in [0.4, 0.5) is 0 Å². The van der Waals surface area contributed by atoms with Crippen LogP contribution in [0.5, 0.6) is 11.5 Å². The smallest absolute Gasteiger partial charge is 0.308 e. The van der Waals surface area contributed by atoms with Crippen LogP contribution in [0.15, 0.2) is 6.07 Å². The van der Waals surface area contributed by atoms with E-state index in [1.165, 1.54) is 18.1 Å². The SMILES string of the molecule is COc1cc(C)c(OC(C)=O)c2c1C(C)CCC2C(C)C. The van der Waals surface area contributed by atoms with Crippen LogP contribution in [0.25, 0.3) is 0 Å². The van der Waals surface area contributed by atoms with E-state index in [9.17, 15) is 4.79 Å². The molecule has 2 atom stereocenters. The molecule has 2 unspecified atom stereocenters. The van der Waals surface area contributed by atoms with Gasteiger partial charge in [-0.2, -0.15) is 0 Å². The maximum absolute atomic E-state index is 11.5. The van der Waals surface area contributed by atoms with Gasteiger partial charge in [-0.05, 0) is 49.1 Å². The number of carbonyl (C=O) groups excluding carboxylic acids is 1. The Bertz CT molecular complexity index is 546. The molecule has 0 aromatic heterocycles. The highest BCUT2D eigenvalue weighted by Crippen LogP contribution is 2.51. The van der Waals surface area contributed by atoms with Gasteiger partial charge < -0.3 is 9.47 Å². The van der Waals surface area contributed by atoms with Crippen molar-refractivity contribution < 1.29 is 14.3 Å². The van der Waals surface area contributed by atoms with Gasteiger partial charge in [-0.15, -0.1) is 0 Å². The second kappa shape index (κ2) is 6.08. The van der Waals surface area contributed by atoms with Crippen LogP contribution in [-0.2, 0) is 4.79 Å². The Morgan fingerprint density at radius 2 is 1.95 bits per heavy atom. The summed E-state index contributed by atoms with van der Waals surface area (Å²) >= 11 is 0. The zero-order chi connectivity index (χ0) is 15.7. The third-order valence-corrected chi connectivity index (χ3v) is 4.55. The van der Waals surface area contributed by atoms with Crippen molar-refractivity contribution in [3.8, 4) is 11.5 Å². The van der Waals surface area contributed by atoms with E-state index in [4.69, 9.17) is 9.47 Å². The van der Waals surface area contributed by atoms with E-state index in [0.717, 1.165) is 29.9 Å². The molecule has 3 heteroatoms. The van der Waals surface area contributed by atoms with E-state index in [1.54, 1.807) is 7.11 Å². The van der Waals surface area contributed by atoms with E-state index < -0.39 is 0 Å². The second-order valence-electron chi connectivity index (χ2n) is 6.47. The first kappa shape index (κ1) is 15.9. The first-order valence-electron chi connectivity index (χ1n) is 7.76. The molecule has 0 heterocycles. The molecule has 0 radical (unpaired) electrons. The Morgan fingerprint density at radius 3 is 2.48 bits per heavy atom. The van der Waals surface area contributed by atoms with Crippen LogP contribution in [0, 0.1) is 12.8 Å². The molecule has 2 rings (SSSR count). The molecule has 0 N–H and O–H groups in total. The summed E-state index contributed by atoms with van der Waals surface area (Å²) in [6, 6.07) is 2.00. The van der Waals surface area contributed by atoms with Gasteiger partial charge in [0.2, 0.25) is 0 Å². The molecule has 0 saturated heterocycles. The summed E-state index contributed by atoms with van der Waals surface area (Å²) in [5, 5.41) is 0.